The zero-order chi connectivity index (χ0) is 21.2. The standard InChI is InChI=1S/C23H28N2O4/c1-4-5-15-29-23(28)19-13-9-10-14-20(19)24-21(26)22(27)25(17(2)3)16-18-11-7-6-8-12-18/h6-14,17H,4-5,15-16H2,1-3H3,(H,24,26). The van der Waals surface area contributed by atoms with Crippen LogP contribution in [0.5, 0.6) is 0 Å². The van der Waals surface area contributed by atoms with Crippen molar-refractivity contribution in [1.29, 1.82) is 0 Å². The fourth-order valence-corrected chi connectivity index (χ4v) is 2.73. The first-order valence-electron chi connectivity index (χ1n) is 9.86. The molecule has 0 spiro atoms. The summed E-state index contributed by atoms with van der Waals surface area (Å²) < 4.78 is 5.23. The summed E-state index contributed by atoms with van der Waals surface area (Å²) in [6.45, 7) is 6.35. The molecule has 0 aliphatic heterocycles. The summed E-state index contributed by atoms with van der Waals surface area (Å²) in [5, 5.41) is 2.57. The molecule has 1 N–H and O–H groups in total. The van der Waals surface area contributed by atoms with Crippen molar-refractivity contribution in [2.75, 3.05) is 11.9 Å². The number of ether oxygens (including phenoxy) is 1. The van der Waals surface area contributed by atoms with Crippen LogP contribution in [0.2, 0.25) is 0 Å². The lowest BCUT2D eigenvalue weighted by Crippen LogP contribution is -2.43. The maximum atomic E-state index is 12.8. The second-order valence-electron chi connectivity index (χ2n) is 7.00. The molecule has 0 saturated heterocycles. The summed E-state index contributed by atoms with van der Waals surface area (Å²) in [5.74, 6) is -1.96. The van der Waals surface area contributed by atoms with E-state index in [0.717, 1.165) is 18.4 Å². The van der Waals surface area contributed by atoms with Gasteiger partial charge < -0.3 is 15.0 Å². The van der Waals surface area contributed by atoms with Crippen LogP contribution in [-0.2, 0) is 20.9 Å². The first-order chi connectivity index (χ1) is 13.9. The van der Waals surface area contributed by atoms with Crippen molar-refractivity contribution in [2.45, 2.75) is 46.2 Å². The summed E-state index contributed by atoms with van der Waals surface area (Å²) in [6, 6.07) is 15.8. The van der Waals surface area contributed by atoms with Gasteiger partial charge >= 0.3 is 17.8 Å². The molecule has 0 bridgehead atoms. The van der Waals surface area contributed by atoms with Crippen LogP contribution in [0.15, 0.2) is 54.6 Å². The van der Waals surface area contributed by atoms with Crippen LogP contribution < -0.4 is 5.32 Å². The number of hydrogen-bond acceptors (Lipinski definition) is 4. The largest absolute Gasteiger partial charge is 0.462 e. The molecule has 2 aromatic carbocycles. The minimum Gasteiger partial charge on any atom is -0.462 e. The fourth-order valence-electron chi connectivity index (χ4n) is 2.73. The number of rotatable bonds is 8. The Hall–Kier alpha value is -3.15. The van der Waals surface area contributed by atoms with E-state index < -0.39 is 17.8 Å². The number of unbranched alkanes of at least 4 members (excludes halogenated alkanes) is 1. The Balaban J connectivity index is 2.12. The van der Waals surface area contributed by atoms with Gasteiger partial charge in [-0.25, -0.2) is 4.79 Å². The first-order valence-corrected chi connectivity index (χ1v) is 9.86. The normalized spacial score (nSPS) is 10.5. The van der Waals surface area contributed by atoms with Gasteiger partial charge in [-0.1, -0.05) is 55.8 Å². The van der Waals surface area contributed by atoms with E-state index in [9.17, 15) is 14.4 Å². The zero-order valence-corrected chi connectivity index (χ0v) is 17.2. The van der Waals surface area contributed by atoms with Gasteiger partial charge in [0.2, 0.25) is 0 Å². The van der Waals surface area contributed by atoms with E-state index in [-0.39, 0.29) is 17.3 Å². The number of hydrogen-bond donors (Lipinski definition) is 1. The van der Waals surface area contributed by atoms with Crippen LogP contribution in [0, 0.1) is 0 Å². The molecule has 0 aliphatic rings. The van der Waals surface area contributed by atoms with E-state index in [4.69, 9.17) is 4.74 Å². The van der Waals surface area contributed by atoms with E-state index in [1.54, 1.807) is 24.3 Å². The maximum Gasteiger partial charge on any atom is 0.340 e. The van der Waals surface area contributed by atoms with E-state index in [1.165, 1.54) is 4.90 Å². The molecule has 6 heteroatoms. The predicted octanol–water partition coefficient (Wildman–Crippen LogP) is 4.02. The molecule has 0 aliphatic carbocycles. The molecule has 0 saturated carbocycles. The smallest absolute Gasteiger partial charge is 0.340 e. The number of anilines is 1. The van der Waals surface area contributed by atoms with Crippen molar-refractivity contribution in [3.8, 4) is 0 Å². The van der Waals surface area contributed by atoms with Crippen molar-refractivity contribution in [1.82, 2.24) is 4.90 Å². The molecular formula is C23H28N2O4. The Kier molecular flexibility index (Phi) is 8.40. The van der Waals surface area contributed by atoms with Gasteiger partial charge in [-0.3, -0.25) is 9.59 Å². The van der Waals surface area contributed by atoms with E-state index in [1.807, 2.05) is 51.1 Å². The van der Waals surface area contributed by atoms with Crippen LogP contribution in [0.1, 0.15) is 49.5 Å². The van der Waals surface area contributed by atoms with E-state index >= 15 is 0 Å². The Morgan fingerprint density at radius 3 is 2.31 bits per heavy atom. The van der Waals surface area contributed by atoms with Gasteiger partial charge in [0.05, 0.1) is 17.9 Å². The lowest BCUT2D eigenvalue weighted by atomic mass is 10.1. The van der Waals surface area contributed by atoms with Crippen LogP contribution >= 0.6 is 0 Å². The second-order valence-corrected chi connectivity index (χ2v) is 7.00. The fraction of sp³-hybridized carbons (Fsp3) is 0.348. The third kappa shape index (κ3) is 6.45. The Labute approximate surface area is 171 Å². The SMILES string of the molecule is CCCCOC(=O)c1ccccc1NC(=O)C(=O)N(Cc1ccccc1)C(C)C. The number of amides is 2. The highest BCUT2D eigenvalue weighted by Gasteiger charge is 2.25. The average molecular weight is 396 g/mol. The lowest BCUT2D eigenvalue weighted by Gasteiger charge is -2.26. The van der Waals surface area contributed by atoms with Gasteiger partial charge in [-0.15, -0.1) is 0 Å². The van der Waals surface area contributed by atoms with Crippen molar-refractivity contribution in [2.24, 2.45) is 0 Å². The second kappa shape index (κ2) is 11.0. The quantitative estimate of drug-likeness (QED) is 0.415. The summed E-state index contributed by atoms with van der Waals surface area (Å²) >= 11 is 0. The van der Waals surface area contributed by atoms with Gasteiger partial charge in [-0.05, 0) is 38.0 Å². The number of carbonyl (C=O) groups is 3. The molecule has 0 unspecified atom stereocenters. The van der Waals surface area contributed by atoms with Crippen LogP contribution in [-0.4, -0.2) is 35.3 Å². The van der Waals surface area contributed by atoms with Gasteiger partial charge in [0.25, 0.3) is 0 Å². The van der Waals surface area contributed by atoms with Crippen molar-refractivity contribution < 1.29 is 19.1 Å². The minimum atomic E-state index is -0.788. The number of esters is 1. The van der Waals surface area contributed by atoms with E-state index in [2.05, 4.69) is 5.32 Å². The van der Waals surface area contributed by atoms with Crippen LogP contribution in [0.3, 0.4) is 0 Å². The van der Waals surface area contributed by atoms with Crippen molar-refractivity contribution in [3.05, 3.63) is 65.7 Å². The molecule has 29 heavy (non-hydrogen) atoms. The molecule has 2 aromatic rings. The zero-order valence-electron chi connectivity index (χ0n) is 17.2. The highest BCUT2D eigenvalue weighted by atomic mass is 16.5. The summed E-state index contributed by atoms with van der Waals surface area (Å²) in [7, 11) is 0. The Bertz CT molecular complexity index is 834. The lowest BCUT2D eigenvalue weighted by molar-refractivity contribution is -0.144. The highest BCUT2D eigenvalue weighted by Crippen LogP contribution is 2.17. The van der Waals surface area contributed by atoms with E-state index in [0.29, 0.717) is 13.2 Å². The molecule has 2 amide bonds. The molecule has 154 valence electrons. The van der Waals surface area contributed by atoms with Crippen LogP contribution in [0.4, 0.5) is 5.69 Å². The third-order valence-corrected chi connectivity index (χ3v) is 4.40. The molecule has 2 rings (SSSR count). The number of carbonyl (C=O) groups excluding carboxylic acids is 3. The summed E-state index contributed by atoms with van der Waals surface area (Å²) in [5.41, 5.74) is 1.42. The molecule has 0 atom stereocenters. The third-order valence-electron chi connectivity index (χ3n) is 4.40. The predicted molar refractivity (Wildman–Crippen MR) is 112 cm³/mol. The minimum absolute atomic E-state index is 0.164. The first kappa shape index (κ1) is 22.1. The monoisotopic (exact) mass is 396 g/mol. The number of nitrogens with zero attached hydrogens (tertiary/aromatic N) is 1. The summed E-state index contributed by atoms with van der Waals surface area (Å²) in [6.07, 6.45) is 1.67. The Morgan fingerprint density at radius 1 is 1.00 bits per heavy atom. The molecule has 6 nitrogen and oxygen atoms in total. The molecule has 0 fully saturated rings. The maximum absolute atomic E-state index is 12.8. The number of benzene rings is 2. The van der Waals surface area contributed by atoms with Gasteiger partial charge in [0.15, 0.2) is 0 Å². The topological polar surface area (TPSA) is 75.7 Å². The van der Waals surface area contributed by atoms with Crippen LogP contribution in [0.25, 0.3) is 0 Å². The van der Waals surface area contributed by atoms with Gasteiger partial charge in [0.1, 0.15) is 0 Å². The molecular weight excluding hydrogens is 368 g/mol. The van der Waals surface area contributed by atoms with Gasteiger partial charge in [-0.2, -0.15) is 0 Å². The average Bonchev–Trinajstić information content (AvgIpc) is 2.72. The molecule has 0 heterocycles. The summed E-state index contributed by atoms with van der Waals surface area (Å²) in [4.78, 5) is 39.2. The molecule has 0 radical (unpaired) electrons. The Morgan fingerprint density at radius 2 is 1.66 bits per heavy atom. The van der Waals surface area contributed by atoms with Crippen molar-refractivity contribution in [3.63, 3.8) is 0 Å². The number of nitrogens with one attached hydrogen (secondary N) is 1. The van der Waals surface area contributed by atoms with Crippen molar-refractivity contribution >= 4 is 23.5 Å². The number of para-hydroxylation sites is 1. The van der Waals surface area contributed by atoms with Gasteiger partial charge in [0, 0.05) is 12.6 Å². The molecule has 0 aromatic heterocycles. The highest BCUT2D eigenvalue weighted by molar-refractivity contribution is 6.39.